The summed E-state index contributed by atoms with van der Waals surface area (Å²) in [5, 5.41) is 4.09. The average Bonchev–Trinajstić information content (AvgIpc) is 2.61. The lowest BCUT2D eigenvalue weighted by Crippen LogP contribution is -2.18. The molecule has 3 rings (SSSR count). The zero-order valence-electron chi connectivity index (χ0n) is 15.8. The molecule has 2 N–H and O–H groups in total. The monoisotopic (exact) mass is 351 g/mol. The Labute approximate surface area is 153 Å². The maximum Gasteiger partial charge on any atom is 0.255 e. The number of aromatic nitrogens is 4. The van der Waals surface area contributed by atoms with Gasteiger partial charge in [0.1, 0.15) is 0 Å². The number of rotatable bonds is 6. The third-order valence-corrected chi connectivity index (χ3v) is 4.59. The molecule has 0 saturated carbocycles. The van der Waals surface area contributed by atoms with Crippen LogP contribution in [0.25, 0.3) is 10.9 Å². The number of benzene rings is 1. The number of aromatic amines is 1. The van der Waals surface area contributed by atoms with E-state index in [4.69, 9.17) is 0 Å². The van der Waals surface area contributed by atoms with Crippen molar-refractivity contribution in [3.8, 4) is 0 Å². The number of H-pyrrole nitrogens is 1. The molecule has 3 aromatic rings. The van der Waals surface area contributed by atoms with Gasteiger partial charge in [0.2, 0.25) is 11.9 Å². The van der Waals surface area contributed by atoms with Gasteiger partial charge in [0.25, 0.3) is 5.56 Å². The lowest BCUT2D eigenvalue weighted by molar-refractivity contribution is 0.774. The summed E-state index contributed by atoms with van der Waals surface area (Å²) in [6.45, 7) is 8.06. The van der Waals surface area contributed by atoms with Crippen molar-refractivity contribution in [1.29, 1.82) is 0 Å². The Kier molecular flexibility index (Phi) is 5.30. The normalized spacial score (nSPS) is 11.1. The van der Waals surface area contributed by atoms with Crippen molar-refractivity contribution in [2.45, 2.75) is 53.4 Å². The molecule has 0 bridgehead atoms. The molecule has 0 aliphatic heterocycles. The van der Waals surface area contributed by atoms with Gasteiger partial charge in [0.05, 0.1) is 11.2 Å². The summed E-state index contributed by atoms with van der Waals surface area (Å²) in [6.07, 6.45) is 3.74. The summed E-state index contributed by atoms with van der Waals surface area (Å²) in [5.74, 6) is 0.805. The smallest absolute Gasteiger partial charge is 0.255 e. The first-order chi connectivity index (χ1) is 12.5. The fourth-order valence-corrected chi connectivity index (χ4v) is 3.03. The highest BCUT2D eigenvalue weighted by molar-refractivity contribution is 5.82. The molecular formula is C20H25N5O. The number of aryl methyl sites for hydroxylation is 3. The molecule has 26 heavy (non-hydrogen) atoms. The minimum Gasteiger partial charge on any atom is -0.294 e. The van der Waals surface area contributed by atoms with E-state index in [9.17, 15) is 4.79 Å². The summed E-state index contributed by atoms with van der Waals surface area (Å²) in [4.78, 5) is 28.7. The van der Waals surface area contributed by atoms with Crippen molar-refractivity contribution in [3.05, 3.63) is 51.1 Å². The predicted octanol–water partition coefficient (Wildman–Crippen LogP) is 3.98. The highest BCUT2D eigenvalue weighted by Gasteiger charge is 2.10. The van der Waals surface area contributed by atoms with Crippen molar-refractivity contribution < 1.29 is 0 Å². The minimum absolute atomic E-state index is 0.0986. The molecule has 0 aliphatic rings. The minimum atomic E-state index is -0.0986. The zero-order valence-corrected chi connectivity index (χ0v) is 15.8. The van der Waals surface area contributed by atoms with Gasteiger partial charge < -0.3 is 0 Å². The molecule has 0 saturated heterocycles. The molecule has 136 valence electrons. The summed E-state index contributed by atoms with van der Waals surface area (Å²) >= 11 is 0. The van der Waals surface area contributed by atoms with E-state index >= 15 is 0 Å². The standard InChI is InChI=1S/C20H25N5O/c1-5-7-8-15-12(3)21-20(24-18(15)26)25-19-22-13(4)16-11-14(6-2)9-10-17(16)23-19/h9-11H,5-8H2,1-4H3,(H2,21,22,23,24,25,26). The maximum absolute atomic E-state index is 12.3. The Bertz CT molecular complexity index is 993. The number of unbranched alkanes of at least 4 members (excludes halogenated alkanes) is 1. The fourth-order valence-electron chi connectivity index (χ4n) is 3.03. The van der Waals surface area contributed by atoms with Gasteiger partial charge in [-0.15, -0.1) is 0 Å². The molecule has 2 aromatic heterocycles. The molecule has 0 atom stereocenters. The number of fused-ring (bicyclic) bond motifs is 1. The molecule has 0 radical (unpaired) electrons. The maximum atomic E-state index is 12.3. The van der Waals surface area contributed by atoms with Crippen LogP contribution in [0.1, 0.15) is 49.2 Å². The van der Waals surface area contributed by atoms with Crippen LogP contribution in [0.3, 0.4) is 0 Å². The van der Waals surface area contributed by atoms with E-state index in [2.05, 4.69) is 51.2 Å². The zero-order chi connectivity index (χ0) is 18.7. The third kappa shape index (κ3) is 3.74. The van der Waals surface area contributed by atoms with Gasteiger partial charge in [-0.2, -0.15) is 0 Å². The molecular weight excluding hydrogens is 326 g/mol. The summed E-state index contributed by atoms with van der Waals surface area (Å²) in [6, 6.07) is 6.20. The molecule has 6 nitrogen and oxygen atoms in total. The Morgan fingerprint density at radius 2 is 1.88 bits per heavy atom. The number of anilines is 2. The summed E-state index contributed by atoms with van der Waals surface area (Å²) in [7, 11) is 0. The molecule has 0 unspecified atom stereocenters. The number of hydrogen-bond acceptors (Lipinski definition) is 5. The highest BCUT2D eigenvalue weighted by Crippen LogP contribution is 2.20. The van der Waals surface area contributed by atoms with Crippen LogP contribution in [0.4, 0.5) is 11.9 Å². The van der Waals surface area contributed by atoms with E-state index in [1.54, 1.807) is 0 Å². The summed E-state index contributed by atoms with van der Waals surface area (Å²) < 4.78 is 0. The van der Waals surface area contributed by atoms with Crippen molar-refractivity contribution in [1.82, 2.24) is 19.9 Å². The van der Waals surface area contributed by atoms with E-state index in [0.717, 1.165) is 53.5 Å². The van der Waals surface area contributed by atoms with Crippen molar-refractivity contribution >= 4 is 22.8 Å². The van der Waals surface area contributed by atoms with Crippen LogP contribution in [0.15, 0.2) is 23.0 Å². The molecule has 0 fully saturated rings. The third-order valence-electron chi connectivity index (χ3n) is 4.59. The number of hydrogen-bond donors (Lipinski definition) is 2. The lowest BCUT2D eigenvalue weighted by Gasteiger charge is -2.10. The molecule has 0 amide bonds. The topological polar surface area (TPSA) is 83.6 Å². The van der Waals surface area contributed by atoms with Gasteiger partial charge in [-0.25, -0.2) is 15.0 Å². The molecule has 0 spiro atoms. The quantitative estimate of drug-likeness (QED) is 0.702. The second-order valence-corrected chi connectivity index (χ2v) is 6.54. The van der Waals surface area contributed by atoms with Crippen LogP contribution in [0.5, 0.6) is 0 Å². The number of nitrogens with zero attached hydrogens (tertiary/aromatic N) is 3. The van der Waals surface area contributed by atoms with Crippen molar-refractivity contribution in [3.63, 3.8) is 0 Å². The first kappa shape index (κ1) is 18.0. The first-order valence-corrected chi connectivity index (χ1v) is 9.16. The van der Waals surface area contributed by atoms with Crippen LogP contribution in [0.2, 0.25) is 0 Å². The van der Waals surface area contributed by atoms with Crippen molar-refractivity contribution in [2.24, 2.45) is 0 Å². The van der Waals surface area contributed by atoms with Gasteiger partial charge in [-0.1, -0.05) is 26.3 Å². The molecule has 1 aromatic carbocycles. The van der Waals surface area contributed by atoms with Crippen LogP contribution < -0.4 is 10.9 Å². The van der Waals surface area contributed by atoms with Crippen LogP contribution in [0, 0.1) is 13.8 Å². The van der Waals surface area contributed by atoms with E-state index in [1.165, 1.54) is 5.56 Å². The van der Waals surface area contributed by atoms with Crippen LogP contribution in [-0.2, 0) is 12.8 Å². The average molecular weight is 351 g/mol. The molecule has 0 aliphatic carbocycles. The Morgan fingerprint density at radius 1 is 1.08 bits per heavy atom. The van der Waals surface area contributed by atoms with Gasteiger partial charge in [0, 0.05) is 16.6 Å². The van der Waals surface area contributed by atoms with E-state index < -0.39 is 0 Å². The van der Waals surface area contributed by atoms with Gasteiger partial charge in [0.15, 0.2) is 0 Å². The second kappa shape index (κ2) is 7.64. The highest BCUT2D eigenvalue weighted by atomic mass is 16.1. The van der Waals surface area contributed by atoms with E-state index in [1.807, 2.05) is 19.9 Å². The Balaban J connectivity index is 1.92. The lowest BCUT2D eigenvalue weighted by atomic mass is 10.1. The first-order valence-electron chi connectivity index (χ1n) is 9.16. The molecule has 2 heterocycles. The van der Waals surface area contributed by atoms with E-state index in [0.29, 0.717) is 11.9 Å². The predicted molar refractivity (Wildman–Crippen MR) is 105 cm³/mol. The molecule has 6 heteroatoms. The van der Waals surface area contributed by atoms with Crippen LogP contribution >= 0.6 is 0 Å². The van der Waals surface area contributed by atoms with Gasteiger partial charge in [-0.05, 0) is 50.8 Å². The van der Waals surface area contributed by atoms with Crippen LogP contribution in [-0.4, -0.2) is 19.9 Å². The van der Waals surface area contributed by atoms with Gasteiger partial charge in [-0.3, -0.25) is 15.1 Å². The Hall–Kier alpha value is -2.76. The number of nitrogens with one attached hydrogen (secondary N) is 2. The summed E-state index contributed by atoms with van der Waals surface area (Å²) in [5.41, 5.74) is 4.42. The van der Waals surface area contributed by atoms with E-state index in [-0.39, 0.29) is 5.56 Å². The fraction of sp³-hybridized carbons (Fsp3) is 0.400. The van der Waals surface area contributed by atoms with Gasteiger partial charge >= 0.3 is 0 Å². The second-order valence-electron chi connectivity index (χ2n) is 6.54. The van der Waals surface area contributed by atoms with Crippen molar-refractivity contribution in [2.75, 3.05) is 5.32 Å². The SMILES string of the molecule is CCCCc1c(C)nc(Nc2nc(C)c3cc(CC)ccc3n2)[nH]c1=O. The largest absolute Gasteiger partial charge is 0.294 e. The Morgan fingerprint density at radius 3 is 2.58 bits per heavy atom.